The molecule has 30 heavy (non-hydrogen) atoms. The summed E-state index contributed by atoms with van der Waals surface area (Å²) in [7, 11) is 0. The number of alkyl halides is 3. The molecule has 1 aliphatic heterocycles. The maximum atomic E-state index is 14.7. The molecule has 0 radical (unpaired) electrons. The smallest absolute Gasteiger partial charge is 0.381 e. The van der Waals surface area contributed by atoms with Crippen LogP contribution in [0.3, 0.4) is 0 Å². The number of aromatic nitrogens is 3. The molecule has 0 atom stereocenters. The van der Waals surface area contributed by atoms with Crippen molar-refractivity contribution in [3.05, 3.63) is 65.1 Å². The number of halogens is 5. The summed E-state index contributed by atoms with van der Waals surface area (Å²) in [6.45, 7) is 0.359. The minimum atomic E-state index is -4.69. The third kappa shape index (κ3) is 3.60. The number of amides is 1. The van der Waals surface area contributed by atoms with E-state index in [1.54, 1.807) is 0 Å². The van der Waals surface area contributed by atoms with Crippen molar-refractivity contribution in [1.82, 2.24) is 19.9 Å². The molecule has 1 saturated heterocycles. The molecule has 11 heteroatoms. The highest BCUT2D eigenvalue weighted by atomic mass is 19.4. The molecule has 0 saturated carbocycles. The van der Waals surface area contributed by atoms with Crippen LogP contribution in [0.2, 0.25) is 0 Å². The number of carbonyl (C=O) groups excluding carboxylic acids is 1. The first-order chi connectivity index (χ1) is 14.2. The Morgan fingerprint density at radius 3 is 2.57 bits per heavy atom. The first-order valence-corrected chi connectivity index (χ1v) is 8.96. The molecule has 1 aromatic carbocycles. The number of carbonyl (C=O) groups is 1. The zero-order chi connectivity index (χ0) is 21.5. The summed E-state index contributed by atoms with van der Waals surface area (Å²) in [4.78, 5) is 16.8. The number of hydrogen-bond donors (Lipinski definition) is 1. The zero-order valence-electron chi connectivity index (χ0n) is 15.3. The van der Waals surface area contributed by atoms with Gasteiger partial charge < -0.3 is 10.1 Å². The molecule has 2 aromatic heterocycles. The van der Waals surface area contributed by atoms with E-state index in [4.69, 9.17) is 4.74 Å². The first kappa shape index (κ1) is 20.2. The van der Waals surface area contributed by atoms with Crippen LogP contribution in [0.25, 0.3) is 5.65 Å². The van der Waals surface area contributed by atoms with E-state index in [2.05, 4.69) is 15.4 Å². The van der Waals surface area contributed by atoms with Gasteiger partial charge in [-0.05, 0) is 25.0 Å². The van der Waals surface area contributed by atoms with Gasteiger partial charge in [-0.15, -0.1) is 0 Å². The number of hydrogen-bond acceptors (Lipinski definition) is 4. The van der Waals surface area contributed by atoms with Crippen molar-refractivity contribution < 1.29 is 31.5 Å². The lowest BCUT2D eigenvalue weighted by Gasteiger charge is -2.38. The van der Waals surface area contributed by atoms with Gasteiger partial charge in [0.05, 0.1) is 29.7 Å². The molecule has 3 heterocycles. The Labute approximate surface area is 166 Å². The second kappa shape index (κ2) is 7.31. The van der Waals surface area contributed by atoms with E-state index < -0.39 is 34.8 Å². The van der Waals surface area contributed by atoms with E-state index >= 15 is 0 Å². The van der Waals surface area contributed by atoms with Gasteiger partial charge in [0.2, 0.25) is 0 Å². The third-order valence-corrected chi connectivity index (χ3v) is 5.08. The number of rotatable bonds is 3. The highest BCUT2D eigenvalue weighted by molar-refractivity contribution is 6.00. The molecule has 0 bridgehead atoms. The van der Waals surface area contributed by atoms with Gasteiger partial charge in [-0.1, -0.05) is 6.07 Å². The Hall–Kier alpha value is -3.08. The summed E-state index contributed by atoms with van der Waals surface area (Å²) >= 11 is 0. The van der Waals surface area contributed by atoms with Gasteiger partial charge in [0.1, 0.15) is 11.4 Å². The number of nitrogens with zero attached hydrogens (tertiary/aromatic N) is 3. The topological polar surface area (TPSA) is 68.5 Å². The van der Waals surface area contributed by atoms with E-state index in [-0.39, 0.29) is 42.8 Å². The summed E-state index contributed by atoms with van der Waals surface area (Å²) in [6, 6.07) is 2.23. The number of benzene rings is 1. The fraction of sp³-hybridized carbons (Fsp3) is 0.316. The van der Waals surface area contributed by atoms with Crippen LogP contribution in [0, 0.1) is 11.6 Å². The minimum Gasteiger partial charge on any atom is -0.381 e. The summed E-state index contributed by atoms with van der Waals surface area (Å²) in [5.41, 5.74) is -2.36. The molecule has 3 aromatic rings. The summed E-state index contributed by atoms with van der Waals surface area (Å²) in [5.74, 6) is -2.39. The van der Waals surface area contributed by atoms with Crippen LogP contribution >= 0.6 is 0 Å². The van der Waals surface area contributed by atoms with Crippen molar-refractivity contribution in [2.24, 2.45) is 0 Å². The molecule has 1 fully saturated rings. The predicted octanol–water partition coefficient (Wildman–Crippen LogP) is 3.46. The molecular formula is C19H15F5N4O2. The molecule has 0 spiro atoms. The van der Waals surface area contributed by atoms with Crippen molar-refractivity contribution in [2.75, 3.05) is 13.2 Å². The van der Waals surface area contributed by atoms with Crippen LogP contribution in [-0.2, 0) is 16.5 Å². The zero-order valence-corrected chi connectivity index (χ0v) is 15.3. The van der Waals surface area contributed by atoms with Gasteiger partial charge in [0.15, 0.2) is 11.5 Å². The summed E-state index contributed by atoms with van der Waals surface area (Å²) in [6.07, 6.45) is -1.23. The lowest BCUT2D eigenvalue weighted by atomic mass is 9.81. The van der Waals surface area contributed by atoms with E-state index in [1.165, 1.54) is 6.20 Å². The molecule has 6 nitrogen and oxygen atoms in total. The Morgan fingerprint density at radius 2 is 1.90 bits per heavy atom. The van der Waals surface area contributed by atoms with Crippen LogP contribution in [0.15, 0.2) is 36.8 Å². The summed E-state index contributed by atoms with van der Waals surface area (Å²) in [5, 5.41) is 6.60. The van der Waals surface area contributed by atoms with Gasteiger partial charge in [-0.3, -0.25) is 4.79 Å². The molecule has 4 rings (SSSR count). The lowest BCUT2D eigenvalue weighted by Crippen LogP contribution is -2.50. The number of fused-ring (bicyclic) bond motifs is 1. The van der Waals surface area contributed by atoms with Gasteiger partial charge in [0.25, 0.3) is 5.91 Å². The van der Waals surface area contributed by atoms with Crippen LogP contribution in [0.5, 0.6) is 0 Å². The Morgan fingerprint density at radius 1 is 1.17 bits per heavy atom. The van der Waals surface area contributed by atoms with Crippen LogP contribution in [0.4, 0.5) is 22.0 Å². The molecule has 158 valence electrons. The van der Waals surface area contributed by atoms with Gasteiger partial charge in [-0.25, -0.2) is 18.3 Å². The van der Waals surface area contributed by atoms with Crippen LogP contribution in [0.1, 0.15) is 34.3 Å². The van der Waals surface area contributed by atoms with Gasteiger partial charge >= 0.3 is 6.18 Å². The number of nitrogens with one attached hydrogen (secondary N) is 1. The fourth-order valence-electron chi connectivity index (χ4n) is 3.56. The monoisotopic (exact) mass is 426 g/mol. The standard InChI is InChI=1S/C19H15F5N4O2/c20-12-8-25-16-13(9-26-28(16)10-12)17(29)27-18(3-5-30-6-4-18)14-2-1-11(7-15(14)21)19(22,23)24/h1-2,7-10H,3-6H2,(H,27,29). The van der Waals surface area contributed by atoms with Crippen molar-refractivity contribution in [1.29, 1.82) is 0 Å². The van der Waals surface area contributed by atoms with E-state index in [0.717, 1.165) is 29.0 Å². The molecule has 0 unspecified atom stereocenters. The Bertz CT molecular complexity index is 1110. The fourth-order valence-corrected chi connectivity index (χ4v) is 3.56. The molecule has 0 aliphatic carbocycles. The molecule has 1 amide bonds. The average Bonchev–Trinajstić information content (AvgIpc) is 3.11. The second-order valence-corrected chi connectivity index (χ2v) is 6.94. The van der Waals surface area contributed by atoms with Crippen molar-refractivity contribution in [3.8, 4) is 0 Å². The third-order valence-electron chi connectivity index (χ3n) is 5.08. The SMILES string of the molecule is O=C(NC1(c2ccc(C(F)(F)F)cc2F)CCOCC1)c1cnn2cc(F)cnc12. The van der Waals surface area contributed by atoms with Gasteiger partial charge in [0, 0.05) is 18.8 Å². The van der Waals surface area contributed by atoms with Crippen molar-refractivity contribution in [3.63, 3.8) is 0 Å². The summed E-state index contributed by atoms with van der Waals surface area (Å²) < 4.78 is 73.2. The van der Waals surface area contributed by atoms with Crippen LogP contribution < -0.4 is 5.32 Å². The van der Waals surface area contributed by atoms with Crippen LogP contribution in [-0.4, -0.2) is 33.7 Å². The highest BCUT2D eigenvalue weighted by Crippen LogP contribution is 2.37. The van der Waals surface area contributed by atoms with Gasteiger partial charge in [-0.2, -0.15) is 18.3 Å². The van der Waals surface area contributed by atoms with E-state index in [9.17, 15) is 26.7 Å². The predicted molar refractivity (Wildman–Crippen MR) is 93.5 cm³/mol. The molecular weight excluding hydrogens is 411 g/mol. The Balaban J connectivity index is 1.71. The first-order valence-electron chi connectivity index (χ1n) is 8.96. The minimum absolute atomic E-state index is 0.0215. The number of ether oxygens (including phenoxy) is 1. The quantitative estimate of drug-likeness (QED) is 0.652. The normalized spacial score (nSPS) is 16.6. The van der Waals surface area contributed by atoms with Crippen molar-refractivity contribution in [2.45, 2.75) is 24.6 Å². The molecule has 1 aliphatic rings. The molecule has 1 N–H and O–H groups in total. The van der Waals surface area contributed by atoms with Crippen molar-refractivity contribution >= 4 is 11.6 Å². The average molecular weight is 426 g/mol. The Kier molecular flexibility index (Phi) is 4.92. The highest BCUT2D eigenvalue weighted by Gasteiger charge is 2.40. The lowest BCUT2D eigenvalue weighted by molar-refractivity contribution is -0.137. The van der Waals surface area contributed by atoms with E-state index in [1.807, 2.05) is 0 Å². The maximum absolute atomic E-state index is 14.7. The van der Waals surface area contributed by atoms with E-state index in [0.29, 0.717) is 6.07 Å². The largest absolute Gasteiger partial charge is 0.416 e. The maximum Gasteiger partial charge on any atom is 0.416 e. The second-order valence-electron chi connectivity index (χ2n) is 6.94.